The topological polar surface area (TPSA) is 112 Å². The summed E-state index contributed by atoms with van der Waals surface area (Å²) < 4.78 is 0. The van der Waals surface area contributed by atoms with Gasteiger partial charge in [0, 0.05) is 18.2 Å². The van der Waals surface area contributed by atoms with E-state index in [9.17, 15) is 14.4 Å². The molecule has 0 saturated carbocycles. The summed E-state index contributed by atoms with van der Waals surface area (Å²) >= 11 is 0. The molecule has 0 aromatic heterocycles. The fourth-order valence-electron chi connectivity index (χ4n) is 0. The minimum Gasteiger partial charge on any atom is -0.478 e. The maximum absolute atomic E-state index is 9.25. The van der Waals surface area contributed by atoms with E-state index in [-0.39, 0.29) is 0 Å². The quantitative estimate of drug-likeness (QED) is 0.600. The zero-order chi connectivity index (χ0) is 12.9. The summed E-state index contributed by atoms with van der Waals surface area (Å²) in [6.07, 6.45) is 2.50. The third-order valence-corrected chi connectivity index (χ3v) is 0.524. The lowest BCUT2D eigenvalue weighted by Crippen LogP contribution is -1.82. The van der Waals surface area contributed by atoms with E-state index in [0.29, 0.717) is 0 Å². The lowest BCUT2D eigenvalue weighted by atomic mass is 10.7. The molecule has 15 heavy (non-hydrogen) atoms. The second-order valence-electron chi connectivity index (χ2n) is 1.63. The number of aliphatic carboxylic acids is 3. The van der Waals surface area contributed by atoms with Crippen molar-refractivity contribution in [2.45, 2.75) is 0 Å². The number of hydrogen-bond acceptors (Lipinski definition) is 3. The van der Waals surface area contributed by atoms with Crippen molar-refractivity contribution < 1.29 is 29.7 Å². The lowest BCUT2D eigenvalue weighted by Gasteiger charge is -1.64. The van der Waals surface area contributed by atoms with Gasteiger partial charge in [-0.05, 0) is 0 Å². The Kier molecular flexibility index (Phi) is 17.4. The number of carboxylic acid groups (broad SMARTS) is 3. The van der Waals surface area contributed by atoms with Crippen LogP contribution in [0.4, 0.5) is 0 Å². The Labute approximate surface area is 86.5 Å². The van der Waals surface area contributed by atoms with Crippen LogP contribution < -0.4 is 0 Å². The van der Waals surface area contributed by atoms with Crippen LogP contribution in [0.15, 0.2) is 38.0 Å². The van der Waals surface area contributed by atoms with Crippen LogP contribution in [0.5, 0.6) is 0 Å². The van der Waals surface area contributed by atoms with Gasteiger partial charge in [-0.15, -0.1) is 0 Å². The first kappa shape index (κ1) is 18.4. The molecular formula is C9H12O6. The normalized spacial score (nSPS) is 6.40. The fraction of sp³-hybridized carbons (Fsp3) is 0. The predicted octanol–water partition coefficient (Wildman–Crippen LogP) is 0.771. The molecule has 0 atom stereocenters. The Hall–Kier alpha value is -2.37. The van der Waals surface area contributed by atoms with Crippen molar-refractivity contribution in [3.63, 3.8) is 0 Å². The minimum atomic E-state index is -0.981. The molecule has 6 heteroatoms. The van der Waals surface area contributed by atoms with Crippen LogP contribution in [0.1, 0.15) is 0 Å². The molecule has 0 unspecified atom stereocenters. The molecule has 0 amide bonds. The molecule has 0 aromatic rings. The summed E-state index contributed by atoms with van der Waals surface area (Å²) in [5.74, 6) is -2.94. The van der Waals surface area contributed by atoms with Crippen molar-refractivity contribution in [2.75, 3.05) is 0 Å². The average Bonchev–Trinajstić information content (AvgIpc) is 2.19. The van der Waals surface area contributed by atoms with E-state index in [4.69, 9.17) is 15.3 Å². The second-order valence-corrected chi connectivity index (χ2v) is 1.63. The molecule has 3 N–H and O–H groups in total. The van der Waals surface area contributed by atoms with Gasteiger partial charge in [-0.1, -0.05) is 19.7 Å². The van der Waals surface area contributed by atoms with Gasteiger partial charge in [-0.2, -0.15) is 0 Å². The highest BCUT2D eigenvalue weighted by atomic mass is 16.4. The van der Waals surface area contributed by atoms with Crippen LogP contribution in [-0.2, 0) is 14.4 Å². The number of carbonyl (C=O) groups is 3. The van der Waals surface area contributed by atoms with Gasteiger partial charge in [-0.3, -0.25) is 0 Å². The zero-order valence-electron chi connectivity index (χ0n) is 7.92. The molecule has 0 fully saturated rings. The summed E-state index contributed by atoms with van der Waals surface area (Å²) in [7, 11) is 0. The second kappa shape index (κ2) is 14.2. The molecule has 0 bridgehead atoms. The molecule has 0 radical (unpaired) electrons. The third-order valence-electron chi connectivity index (χ3n) is 0.524. The largest absolute Gasteiger partial charge is 0.478 e. The first-order valence-corrected chi connectivity index (χ1v) is 3.37. The Balaban J connectivity index is -0.000000144. The summed E-state index contributed by atoms with van der Waals surface area (Å²) in [6.45, 7) is 8.88. The molecule has 84 valence electrons. The van der Waals surface area contributed by atoms with Gasteiger partial charge >= 0.3 is 17.9 Å². The van der Waals surface area contributed by atoms with Crippen molar-refractivity contribution in [1.82, 2.24) is 0 Å². The molecule has 0 saturated heterocycles. The number of hydrogen-bond donors (Lipinski definition) is 3. The van der Waals surface area contributed by atoms with Crippen LogP contribution in [0.25, 0.3) is 0 Å². The number of rotatable bonds is 3. The van der Waals surface area contributed by atoms with E-state index < -0.39 is 17.9 Å². The molecule has 0 aliphatic heterocycles. The van der Waals surface area contributed by atoms with E-state index in [2.05, 4.69) is 19.7 Å². The van der Waals surface area contributed by atoms with Crippen LogP contribution in [0, 0.1) is 0 Å². The molecule has 0 aromatic carbocycles. The van der Waals surface area contributed by atoms with Crippen molar-refractivity contribution in [1.29, 1.82) is 0 Å². The van der Waals surface area contributed by atoms with Gasteiger partial charge in [-0.25, -0.2) is 14.4 Å². The summed E-state index contributed by atoms with van der Waals surface area (Å²) in [4.78, 5) is 27.8. The summed E-state index contributed by atoms with van der Waals surface area (Å²) in [5, 5.41) is 22.8. The van der Waals surface area contributed by atoms with Gasteiger partial charge in [0.2, 0.25) is 0 Å². The molecular weight excluding hydrogens is 204 g/mol. The van der Waals surface area contributed by atoms with E-state index in [0.717, 1.165) is 18.2 Å². The van der Waals surface area contributed by atoms with E-state index in [1.54, 1.807) is 0 Å². The molecule has 0 spiro atoms. The Morgan fingerprint density at radius 2 is 0.733 bits per heavy atom. The maximum atomic E-state index is 9.25. The first-order chi connectivity index (χ1) is 6.81. The summed E-state index contributed by atoms with van der Waals surface area (Å²) in [6, 6.07) is 0. The average molecular weight is 216 g/mol. The van der Waals surface area contributed by atoms with Gasteiger partial charge < -0.3 is 15.3 Å². The van der Waals surface area contributed by atoms with E-state index in [1.165, 1.54) is 0 Å². The lowest BCUT2D eigenvalue weighted by molar-refractivity contribution is -0.132. The van der Waals surface area contributed by atoms with Crippen LogP contribution in [0.2, 0.25) is 0 Å². The smallest absolute Gasteiger partial charge is 0.327 e. The zero-order valence-corrected chi connectivity index (χ0v) is 7.92. The van der Waals surface area contributed by atoms with Crippen molar-refractivity contribution in [2.24, 2.45) is 0 Å². The molecule has 6 nitrogen and oxygen atoms in total. The van der Waals surface area contributed by atoms with Crippen molar-refractivity contribution in [3.05, 3.63) is 38.0 Å². The Bertz CT molecular complexity index is 211. The molecule has 0 aliphatic rings. The highest BCUT2D eigenvalue weighted by molar-refractivity contribution is 5.79. The standard InChI is InChI=1S/3C3H4O2/c3*1-2-3(4)5/h3*2H,1H2,(H,4,5). The van der Waals surface area contributed by atoms with Crippen LogP contribution in [0.3, 0.4) is 0 Å². The van der Waals surface area contributed by atoms with E-state index >= 15 is 0 Å². The van der Waals surface area contributed by atoms with Gasteiger partial charge in [0.25, 0.3) is 0 Å². The SMILES string of the molecule is C=CC(=O)O.C=CC(=O)O.C=CC(=O)O. The third kappa shape index (κ3) is 81.9. The minimum absolute atomic E-state index is 0.833. The summed E-state index contributed by atoms with van der Waals surface area (Å²) in [5.41, 5.74) is 0. The monoisotopic (exact) mass is 216 g/mol. The number of carboxylic acids is 3. The van der Waals surface area contributed by atoms with Gasteiger partial charge in [0.1, 0.15) is 0 Å². The predicted molar refractivity (Wildman–Crippen MR) is 53.5 cm³/mol. The van der Waals surface area contributed by atoms with Gasteiger partial charge in [0.05, 0.1) is 0 Å². The molecule has 0 heterocycles. The highest BCUT2D eigenvalue weighted by Crippen LogP contribution is 1.55. The Morgan fingerprint density at radius 3 is 0.733 bits per heavy atom. The van der Waals surface area contributed by atoms with Crippen molar-refractivity contribution >= 4 is 17.9 Å². The maximum Gasteiger partial charge on any atom is 0.327 e. The van der Waals surface area contributed by atoms with Crippen molar-refractivity contribution in [3.8, 4) is 0 Å². The fourth-order valence-corrected chi connectivity index (χ4v) is 0. The van der Waals surface area contributed by atoms with Crippen LogP contribution in [-0.4, -0.2) is 33.2 Å². The highest BCUT2D eigenvalue weighted by Gasteiger charge is 1.74. The first-order valence-electron chi connectivity index (χ1n) is 3.37. The van der Waals surface area contributed by atoms with Crippen LogP contribution >= 0.6 is 0 Å². The van der Waals surface area contributed by atoms with Gasteiger partial charge in [0.15, 0.2) is 0 Å². The molecule has 0 rings (SSSR count). The molecule has 0 aliphatic carbocycles. The Morgan fingerprint density at radius 1 is 0.667 bits per heavy atom. The van der Waals surface area contributed by atoms with E-state index in [1.807, 2.05) is 0 Å².